The van der Waals surface area contributed by atoms with Gasteiger partial charge in [-0.25, -0.2) is 0 Å². The molecule has 9 atom stereocenters. The van der Waals surface area contributed by atoms with E-state index in [4.69, 9.17) is 19.7 Å². The predicted octanol–water partition coefficient (Wildman–Crippen LogP) is -5.76. The number of ether oxygens (including phenoxy) is 2. The lowest BCUT2D eigenvalue weighted by molar-refractivity contribution is -0.297. The smallest absolute Gasteiger partial charge is 0.184 e. The second kappa shape index (κ2) is 9.15. The van der Waals surface area contributed by atoms with Gasteiger partial charge in [0.2, 0.25) is 0 Å². The normalized spacial score (nSPS) is 37.2. The van der Waals surface area contributed by atoms with Crippen LogP contribution in [0.3, 0.4) is 0 Å². The first kappa shape index (κ1) is 20.6. The summed E-state index contributed by atoms with van der Waals surface area (Å²) in [5, 5.41) is 84.4. The van der Waals surface area contributed by atoms with Crippen LogP contribution in [0.5, 0.6) is 0 Å². The van der Waals surface area contributed by atoms with Gasteiger partial charge in [-0.3, -0.25) is 0 Å². The molecule has 0 aromatic rings. The van der Waals surface area contributed by atoms with Gasteiger partial charge in [0, 0.05) is 0 Å². The van der Waals surface area contributed by atoms with Gasteiger partial charge in [-0.2, -0.15) is 0 Å². The van der Waals surface area contributed by atoms with Crippen molar-refractivity contribution < 1.29 is 55.4 Å². The van der Waals surface area contributed by atoms with Crippen molar-refractivity contribution in [2.24, 2.45) is 0 Å². The Labute approximate surface area is 131 Å². The van der Waals surface area contributed by atoms with Crippen LogP contribution in [0.4, 0.5) is 0 Å². The Balaban J connectivity index is 2.60. The average Bonchev–Trinajstić information content (AvgIpc) is 2.55. The quantitative estimate of drug-likeness (QED) is 0.203. The first-order chi connectivity index (χ1) is 10.7. The van der Waals surface area contributed by atoms with E-state index in [-0.39, 0.29) is 0 Å². The molecular weight excluding hydrogens is 320 g/mol. The topological polar surface area (TPSA) is 201 Å². The Kier molecular flexibility index (Phi) is 8.20. The molecule has 23 heavy (non-hydrogen) atoms. The second-order valence-corrected chi connectivity index (χ2v) is 5.33. The molecule has 0 amide bonds. The molecule has 0 spiro atoms. The minimum atomic E-state index is -1.86. The lowest BCUT2D eigenvalue weighted by atomic mass is 9.98. The van der Waals surface area contributed by atoms with Gasteiger partial charge in [-0.05, 0) is 0 Å². The zero-order valence-electron chi connectivity index (χ0n) is 12.2. The van der Waals surface area contributed by atoms with Crippen molar-refractivity contribution in [1.29, 1.82) is 0 Å². The molecule has 0 aromatic heterocycles. The van der Waals surface area contributed by atoms with Gasteiger partial charge in [-0.15, -0.1) is 0 Å². The highest BCUT2D eigenvalue weighted by Gasteiger charge is 2.45. The maximum Gasteiger partial charge on any atom is 0.184 e. The van der Waals surface area contributed by atoms with Crippen LogP contribution >= 0.6 is 0 Å². The SMILES string of the molecule is OC[C@@H](O)[C@@H](O)[C@@H](O)[C@@H](O)CO[C@H]1[C@H](O)[C@H](O)[C@H](O)O[C@H]1CO. The highest BCUT2D eigenvalue weighted by molar-refractivity contribution is 4.90. The van der Waals surface area contributed by atoms with Crippen molar-refractivity contribution in [1.82, 2.24) is 0 Å². The molecule has 9 N–H and O–H groups in total. The van der Waals surface area contributed by atoms with Crippen LogP contribution in [-0.2, 0) is 9.47 Å². The number of aliphatic hydroxyl groups is 9. The van der Waals surface area contributed by atoms with Crippen LogP contribution < -0.4 is 0 Å². The van der Waals surface area contributed by atoms with Crippen molar-refractivity contribution in [2.75, 3.05) is 19.8 Å². The molecule has 1 aliphatic heterocycles. The van der Waals surface area contributed by atoms with E-state index in [1.165, 1.54) is 0 Å². The molecule has 0 unspecified atom stereocenters. The van der Waals surface area contributed by atoms with Crippen LogP contribution in [0, 0.1) is 0 Å². The van der Waals surface area contributed by atoms with Crippen LogP contribution in [0.25, 0.3) is 0 Å². The molecule has 1 heterocycles. The molecule has 0 radical (unpaired) electrons. The van der Waals surface area contributed by atoms with E-state index in [0.717, 1.165) is 0 Å². The zero-order chi connectivity index (χ0) is 17.7. The molecule has 11 nitrogen and oxygen atoms in total. The third-order valence-corrected chi connectivity index (χ3v) is 3.62. The summed E-state index contributed by atoms with van der Waals surface area (Å²) in [5.41, 5.74) is 0. The van der Waals surface area contributed by atoms with Gasteiger partial charge in [0.05, 0.1) is 19.8 Å². The van der Waals surface area contributed by atoms with E-state index in [0.29, 0.717) is 0 Å². The van der Waals surface area contributed by atoms with Crippen LogP contribution in [-0.4, -0.2) is 121 Å². The molecule has 0 saturated carbocycles. The Bertz CT molecular complexity index is 341. The van der Waals surface area contributed by atoms with Gasteiger partial charge < -0.3 is 55.4 Å². The first-order valence-electron chi connectivity index (χ1n) is 6.99. The van der Waals surface area contributed by atoms with Gasteiger partial charge >= 0.3 is 0 Å². The Hall–Kier alpha value is -0.440. The van der Waals surface area contributed by atoms with E-state index in [2.05, 4.69) is 0 Å². The molecule has 0 aliphatic carbocycles. The summed E-state index contributed by atoms with van der Waals surface area (Å²) < 4.78 is 9.92. The average molecular weight is 344 g/mol. The van der Waals surface area contributed by atoms with Crippen LogP contribution in [0.15, 0.2) is 0 Å². The molecular formula is C12H24O11. The zero-order valence-corrected chi connectivity index (χ0v) is 12.2. The van der Waals surface area contributed by atoms with Crippen molar-refractivity contribution in [2.45, 2.75) is 55.1 Å². The predicted molar refractivity (Wildman–Crippen MR) is 70.8 cm³/mol. The molecule has 1 saturated heterocycles. The van der Waals surface area contributed by atoms with Gasteiger partial charge in [-0.1, -0.05) is 0 Å². The fourth-order valence-corrected chi connectivity index (χ4v) is 2.14. The summed E-state index contributed by atoms with van der Waals surface area (Å²) >= 11 is 0. The Morgan fingerprint density at radius 2 is 1.43 bits per heavy atom. The minimum Gasteiger partial charge on any atom is -0.394 e. The molecule has 1 aliphatic rings. The van der Waals surface area contributed by atoms with Crippen molar-refractivity contribution in [3.8, 4) is 0 Å². The lowest BCUT2D eigenvalue weighted by Crippen LogP contribution is -2.60. The monoisotopic (exact) mass is 344 g/mol. The van der Waals surface area contributed by atoms with Crippen molar-refractivity contribution in [3.05, 3.63) is 0 Å². The summed E-state index contributed by atoms with van der Waals surface area (Å²) in [7, 11) is 0. The summed E-state index contributed by atoms with van der Waals surface area (Å²) in [6, 6.07) is 0. The first-order valence-corrected chi connectivity index (χ1v) is 6.99. The Morgan fingerprint density at radius 1 is 0.870 bits per heavy atom. The molecule has 138 valence electrons. The van der Waals surface area contributed by atoms with Crippen molar-refractivity contribution in [3.63, 3.8) is 0 Å². The maximum atomic E-state index is 9.80. The fourth-order valence-electron chi connectivity index (χ4n) is 2.14. The van der Waals surface area contributed by atoms with E-state index >= 15 is 0 Å². The van der Waals surface area contributed by atoms with E-state index in [1.807, 2.05) is 0 Å². The Morgan fingerprint density at radius 3 is 1.96 bits per heavy atom. The maximum absolute atomic E-state index is 9.80. The van der Waals surface area contributed by atoms with E-state index in [9.17, 15) is 35.7 Å². The standard InChI is InChI=1S/C12H24O11/c13-1-4(15)7(17)8(18)5(16)3-22-11-6(2-14)23-12(21)10(20)9(11)19/h4-21H,1-3H2/t4-,5+,6+,7-,8+,9-,10+,11-,12-/m1/s1. The van der Waals surface area contributed by atoms with Crippen LogP contribution in [0.1, 0.15) is 0 Å². The molecule has 0 bridgehead atoms. The van der Waals surface area contributed by atoms with Gasteiger partial charge in [0.1, 0.15) is 48.8 Å². The second-order valence-electron chi connectivity index (χ2n) is 5.33. The summed E-state index contributed by atoms with van der Waals surface area (Å²) in [5.74, 6) is 0. The fraction of sp³-hybridized carbons (Fsp3) is 1.00. The van der Waals surface area contributed by atoms with Crippen LogP contribution in [0.2, 0.25) is 0 Å². The van der Waals surface area contributed by atoms with Gasteiger partial charge in [0.15, 0.2) is 6.29 Å². The highest BCUT2D eigenvalue weighted by Crippen LogP contribution is 2.22. The summed E-state index contributed by atoms with van der Waals surface area (Å²) in [6.45, 7) is -2.14. The molecule has 11 heteroatoms. The van der Waals surface area contributed by atoms with Crippen molar-refractivity contribution >= 4 is 0 Å². The summed E-state index contributed by atoms with van der Waals surface area (Å²) in [4.78, 5) is 0. The number of rotatable bonds is 8. The lowest BCUT2D eigenvalue weighted by Gasteiger charge is -2.40. The number of aliphatic hydroxyl groups excluding tert-OH is 9. The van der Waals surface area contributed by atoms with E-state index < -0.39 is 74.9 Å². The third kappa shape index (κ3) is 5.01. The molecule has 0 aromatic carbocycles. The third-order valence-electron chi connectivity index (χ3n) is 3.62. The number of hydrogen-bond donors (Lipinski definition) is 9. The largest absolute Gasteiger partial charge is 0.394 e. The molecule has 1 fully saturated rings. The van der Waals surface area contributed by atoms with Gasteiger partial charge in [0.25, 0.3) is 0 Å². The number of hydrogen-bond acceptors (Lipinski definition) is 11. The summed E-state index contributed by atoms with van der Waals surface area (Å²) in [6.07, 6.45) is -14.7. The highest BCUT2D eigenvalue weighted by atomic mass is 16.7. The van der Waals surface area contributed by atoms with E-state index in [1.54, 1.807) is 0 Å². The minimum absolute atomic E-state index is 0.652. The molecule has 1 rings (SSSR count).